The molecule has 5 heteroatoms. The molecule has 39 valence electrons. The standard InChI is InChI=1S/Co.Cr.Ni.H4Si.W/h;;;1H4;. The monoisotopic (exact) mass is 385 g/mol. The number of hydrogen-bond donors (Lipinski definition) is 0. The molecule has 0 nitrogen and oxygen atoms in total. The molecule has 0 saturated carbocycles. The molecule has 0 heterocycles. The summed E-state index contributed by atoms with van der Waals surface area (Å²) in [7, 11) is 0. The smallest absolute Gasteiger partial charge is 0 e. The first-order chi connectivity index (χ1) is 0. The van der Waals surface area contributed by atoms with E-state index in [2.05, 4.69) is 0 Å². The molecule has 0 aliphatic heterocycles. The summed E-state index contributed by atoms with van der Waals surface area (Å²) in [6.45, 7) is 0. The van der Waals surface area contributed by atoms with E-state index in [0.29, 0.717) is 0 Å². The van der Waals surface area contributed by atoms with Gasteiger partial charge in [0.05, 0.1) is 0 Å². The average molecular weight is 386 g/mol. The van der Waals surface area contributed by atoms with Crippen molar-refractivity contribution in [3.63, 3.8) is 0 Å². The molecule has 0 amide bonds. The summed E-state index contributed by atoms with van der Waals surface area (Å²) < 4.78 is 0. The van der Waals surface area contributed by atoms with Gasteiger partial charge in [0.15, 0.2) is 0 Å². The third-order valence-electron chi connectivity index (χ3n) is 0. The van der Waals surface area contributed by atoms with Gasteiger partial charge in [-0.2, -0.15) is 0 Å². The molecule has 0 N–H and O–H groups in total. The summed E-state index contributed by atoms with van der Waals surface area (Å²) in [5.41, 5.74) is 0. The Morgan fingerprint density at radius 1 is 1.00 bits per heavy atom. The second-order valence-corrected chi connectivity index (χ2v) is 0. The molecule has 0 aromatic rings. The van der Waals surface area contributed by atoms with E-state index in [1.807, 2.05) is 0 Å². The zero-order valence-electron chi connectivity index (χ0n) is 1.47. The Hall–Kier alpha value is 2.44. The van der Waals surface area contributed by atoms with Gasteiger partial charge >= 0.3 is 0 Å². The molecule has 0 bridgehead atoms. The van der Waals surface area contributed by atoms with Gasteiger partial charge in [0.1, 0.15) is 0 Å². The number of rotatable bonds is 0. The zero-order valence-corrected chi connectivity index (χ0v) is 7.70. The predicted molar refractivity (Wildman–Crippen MR) is 11.3 cm³/mol. The first-order valence-electron chi connectivity index (χ1n) is 0. The van der Waals surface area contributed by atoms with Crippen molar-refractivity contribution in [3.05, 3.63) is 0 Å². The van der Waals surface area contributed by atoms with E-state index < -0.39 is 0 Å². The third-order valence-corrected chi connectivity index (χ3v) is 0. The van der Waals surface area contributed by atoms with Crippen molar-refractivity contribution < 1.29 is 71.7 Å². The van der Waals surface area contributed by atoms with Crippen molar-refractivity contribution in [1.29, 1.82) is 0 Å². The normalized spacial score (nSPS) is 0. The van der Waals surface area contributed by atoms with Gasteiger partial charge in [-0.15, -0.1) is 0 Å². The summed E-state index contributed by atoms with van der Waals surface area (Å²) >= 11 is 0. The van der Waals surface area contributed by atoms with E-state index in [1.165, 1.54) is 0 Å². The molecule has 0 aliphatic carbocycles. The summed E-state index contributed by atoms with van der Waals surface area (Å²) in [6, 6.07) is 0. The Balaban J connectivity index is 0. The third kappa shape index (κ3) is 21.3. The van der Waals surface area contributed by atoms with Crippen LogP contribution >= 0.6 is 0 Å². The van der Waals surface area contributed by atoms with Gasteiger partial charge in [-0.25, -0.2) is 0 Å². The van der Waals surface area contributed by atoms with Crippen LogP contribution in [0.5, 0.6) is 0 Å². The van der Waals surface area contributed by atoms with E-state index in [0.717, 1.165) is 0 Å². The van der Waals surface area contributed by atoms with Crippen LogP contribution in [0.15, 0.2) is 0 Å². The van der Waals surface area contributed by atoms with Gasteiger partial charge < -0.3 is 0 Å². The van der Waals surface area contributed by atoms with E-state index in [-0.39, 0.29) is 82.7 Å². The van der Waals surface area contributed by atoms with E-state index in [4.69, 9.17) is 0 Å². The Bertz CT molecular complexity index is 11.6. The molecule has 0 rings (SSSR count). The number of hydrogen-bond acceptors (Lipinski definition) is 0. The maximum absolute atomic E-state index is 0. The largest absolute Gasteiger partial charge is 0.0149 e. The molecule has 0 spiro atoms. The van der Waals surface area contributed by atoms with Crippen LogP contribution < -0.4 is 0 Å². The minimum Gasteiger partial charge on any atom is -0.0149 e. The second kappa shape index (κ2) is 32.0. The SMILES string of the molecule is [Co].[Cr].[Ni].[SiH4].[W]. The zero-order chi connectivity index (χ0) is 0. The van der Waals surface area contributed by atoms with Crippen molar-refractivity contribution >= 4 is 11.0 Å². The van der Waals surface area contributed by atoms with Crippen molar-refractivity contribution in [3.8, 4) is 0 Å². The van der Waals surface area contributed by atoms with Crippen molar-refractivity contribution in [2.75, 3.05) is 0 Å². The Kier molecular flexibility index (Phi) is 332. The van der Waals surface area contributed by atoms with Crippen LogP contribution in [0.25, 0.3) is 0 Å². The molecule has 0 saturated heterocycles. The van der Waals surface area contributed by atoms with E-state index in [9.17, 15) is 0 Å². The molecule has 0 aromatic carbocycles. The van der Waals surface area contributed by atoms with E-state index in [1.54, 1.807) is 0 Å². The minimum absolute atomic E-state index is 0. The van der Waals surface area contributed by atoms with Gasteiger partial charge in [-0.1, -0.05) is 0 Å². The predicted octanol–water partition coefficient (Wildman–Crippen LogP) is -1.46. The molecule has 0 atom stereocenters. The van der Waals surface area contributed by atoms with Crippen molar-refractivity contribution in [2.45, 2.75) is 0 Å². The summed E-state index contributed by atoms with van der Waals surface area (Å²) in [4.78, 5) is 0. The van der Waals surface area contributed by atoms with Crippen LogP contribution in [0, 0.1) is 0 Å². The van der Waals surface area contributed by atoms with Gasteiger partial charge in [0.25, 0.3) is 0 Å². The molecule has 0 unspecified atom stereocenters. The molecular formula is H4CoCrNiSiW. The Morgan fingerprint density at radius 2 is 1.00 bits per heavy atom. The quantitative estimate of drug-likeness (QED) is 0.447. The van der Waals surface area contributed by atoms with Crippen LogP contribution in [0.4, 0.5) is 0 Å². The maximum Gasteiger partial charge on any atom is 0 e. The molecule has 1 radical (unpaired) electrons. The fourth-order valence-corrected chi connectivity index (χ4v) is 0. The first kappa shape index (κ1) is 51.9. The first-order valence-corrected chi connectivity index (χ1v) is 0. The average Bonchev–Trinajstić information content (AvgIpc) is 0. The van der Waals surface area contributed by atoms with Gasteiger partial charge in [0, 0.05) is 71.7 Å². The van der Waals surface area contributed by atoms with Crippen LogP contribution in [-0.2, 0) is 71.7 Å². The maximum atomic E-state index is 0. The Labute approximate surface area is 81.8 Å². The molecule has 5 heavy (non-hydrogen) atoms. The summed E-state index contributed by atoms with van der Waals surface area (Å²) in [6.07, 6.45) is 0. The fraction of sp³-hybridized carbons (Fsp3) is 0. The molecule has 0 aliphatic rings. The minimum atomic E-state index is 0. The van der Waals surface area contributed by atoms with Gasteiger partial charge in [0.2, 0.25) is 0 Å². The molecule has 0 fully saturated rings. The van der Waals surface area contributed by atoms with Gasteiger partial charge in [-0.05, 0) is 11.0 Å². The fourth-order valence-electron chi connectivity index (χ4n) is 0. The van der Waals surface area contributed by atoms with E-state index >= 15 is 0 Å². The van der Waals surface area contributed by atoms with Crippen molar-refractivity contribution in [2.24, 2.45) is 0 Å². The van der Waals surface area contributed by atoms with Crippen molar-refractivity contribution in [1.82, 2.24) is 0 Å². The van der Waals surface area contributed by atoms with Crippen LogP contribution in [0.2, 0.25) is 0 Å². The topological polar surface area (TPSA) is 0 Å². The molecule has 0 aromatic heterocycles. The summed E-state index contributed by atoms with van der Waals surface area (Å²) in [5, 5.41) is 0. The molecular weight excluding hydrogens is 382 g/mol. The van der Waals surface area contributed by atoms with Crippen LogP contribution in [0.3, 0.4) is 0 Å². The van der Waals surface area contributed by atoms with Crippen LogP contribution in [0.1, 0.15) is 0 Å². The second-order valence-electron chi connectivity index (χ2n) is 0. The van der Waals surface area contributed by atoms with Gasteiger partial charge in [-0.3, -0.25) is 0 Å². The Morgan fingerprint density at radius 3 is 1.00 bits per heavy atom. The summed E-state index contributed by atoms with van der Waals surface area (Å²) in [5.74, 6) is 0. The van der Waals surface area contributed by atoms with Crippen LogP contribution in [-0.4, -0.2) is 11.0 Å².